The first kappa shape index (κ1) is 26.4. The van der Waals surface area contributed by atoms with Crippen molar-refractivity contribution >= 4 is 24.1 Å². The van der Waals surface area contributed by atoms with E-state index in [1.165, 1.54) is 25.0 Å². The number of hydrogen-bond acceptors (Lipinski definition) is 6. The molecular formula is C26H39ClN6O. The average molecular weight is 487 g/mol. The predicted octanol–water partition coefficient (Wildman–Crippen LogP) is 4.19. The molecule has 7 nitrogen and oxygen atoms in total. The third-order valence-corrected chi connectivity index (χ3v) is 6.71. The van der Waals surface area contributed by atoms with Crippen molar-refractivity contribution in [1.29, 1.82) is 0 Å². The van der Waals surface area contributed by atoms with Crippen LogP contribution in [-0.4, -0.2) is 65.0 Å². The highest BCUT2D eigenvalue weighted by Crippen LogP contribution is 2.37. The molecule has 0 radical (unpaired) electrons. The molecule has 1 aliphatic heterocycles. The van der Waals surface area contributed by atoms with Crippen LogP contribution in [0.25, 0.3) is 0 Å². The van der Waals surface area contributed by atoms with Crippen LogP contribution in [0.1, 0.15) is 80.8 Å². The van der Waals surface area contributed by atoms with Gasteiger partial charge in [-0.25, -0.2) is 9.97 Å². The van der Waals surface area contributed by atoms with E-state index in [-0.39, 0.29) is 23.7 Å². The van der Waals surface area contributed by atoms with Crippen LogP contribution in [0, 0.1) is 0 Å². The van der Waals surface area contributed by atoms with Gasteiger partial charge in [-0.2, -0.15) is 0 Å². The van der Waals surface area contributed by atoms with Crippen molar-refractivity contribution in [3.8, 4) is 0 Å². The third kappa shape index (κ3) is 6.89. The summed E-state index contributed by atoms with van der Waals surface area (Å²) in [5.41, 5.74) is 1.68. The van der Waals surface area contributed by atoms with Crippen LogP contribution in [0.5, 0.6) is 0 Å². The Bertz CT molecular complexity index is 921. The van der Waals surface area contributed by atoms with Gasteiger partial charge in [-0.1, -0.05) is 33.3 Å². The molecule has 1 amide bonds. The third-order valence-electron chi connectivity index (χ3n) is 6.71. The number of nitrogens with zero attached hydrogens (tertiary/aromatic N) is 5. The van der Waals surface area contributed by atoms with E-state index in [4.69, 9.17) is 9.97 Å². The van der Waals surface area contributed by atoms with E-state index in [0.29, 0.717) is 18.2 Å². The summed E-state index contributed by atoms with van der Waals surface area (Å²) < 4.78 is 0. The minimum Gasteiger partial charge on any atom is -0.354 e. The topological polar surface area (TPSA) is 74.2 Å². The summed E-state index contributed by atoms with van der Waals surface area (Å²) in [6.45, 7) is 12.5. The summed E-state index contributed by atoms with van der Waals surface area (Å²) in [7, 11) is 0. The standard InChI is InChI=1S/C26H38N6O.ClH/c1-26(2,3)25-29-22(20-9-8-10-20)19-23(30-25)32-17-15-31(16-18-32)14-7-6-13-28-24(33)21-11-4-5-12-27-21;/h4-5,11-12,19-20H,6-10,13-18H2,1-3H3,(H,28,33);1H. The van der Waals surface area contributed by atoms with Crippen LogP contribution >= 0.6 is 12.4 Å². The lowest BCUT2D eigenvalue weighted by molar-refractivity contribution is 0.0947. The molecular weight excluding hydrogens is 448 g/mol. The molecule has 1 N–H and O–H groups in total. The minimum atomic E-state index is -0.0926. The Morgan fingerprint density at radius 1 is 1.09 bits per heavy atom. The fourth-order valence-electron chi connectivity index (χ4n) is 4.31. The fourth-order valence-corrected chi connectivity index (χ4v) is 4.31. The molecule has 3 heterocycles. The van der Waals surface area contributed by atoms with Crippen molar-refractivity contribution in [3.63, 3.8) is 0 Å². The molecule has 0 unspecified atom stereocenters. The second kappa shape index (κ2) is 11.9. The number of hydrogen-bond donors (Lipinski definition) is 1. The van der Waals surface area contributed by atoms with Gasteiger partial charge >= 0.3 is 0 Å². The second-order valence-corrected chi connectivity index (χ2v) is 10.4. The van der Waals surface area contributed by atoms with Crippen molar-refractivity contribution in [1.82, 2.24) is 25.2 Å². The van der Waals surface area contributed by atoms with Crippen LogP contribution < -0.4 is 10.2 Å². The maximum Gasteiger partial charge on any atom is 0.269 e. The molecule has 2 aromatic heterocycles. The highest BCUT2D eigenvalue weighted by molar-refractivity contribution is 5.92. The van der Waals surface area contributed by atoms with Crippen molar-refractivity contribution < 1.29 is 4.79 Å². The Labute approximate surface area is 210 Å². The van der Waals surface area contributed by atoms with Gasteiger partial charge in [-0.05, 0) is 44.4 Å². The van der Waals surface area contributed by atoms with Crippen LogP contribution in [0.2, 0.25) is 0 Å². The van der Waals surface area contributed by atoms with E-state index in [1.54, 1.807) is 12.3 Å². The summed E-state index contributed by atoms with van der Waals surface area (Å²) in [5, 5.41) is 2.96. The molecule has 2 aromatic rings. The molecule has 0 spiro atoms. The summed E-state index contributed by atoms with van der Waals surface area (Å²) >= 11 is 0. The lowest BCUT2D eigenvalue weighted by Gasteiger charge is -2.36. The fraction of sp³-hybridized carbons (Fsp3) is 0.615. The number of rotatable bonds is 8. The van der Waals surface area contributed by atoms with Crippen molar-refractivity contribution in [2.75, 3.05) is 44.2 Å². The van der Waals surface area contributed by atoms with Gasteiger partial charge in [0.15, 0.2) is 0 Å². The number of carbonyl (C=O) groups is 1. The second-order valence-electron chi connectivity index (χ2n) is 10.4. The zero-order valence-electron chi connectivity index (χ0n) is 20.8. The number of piperazine rings is 1. The first-order valence-corrected chi connectivity index (χ1v) is 12.5. The van der Waals surface area contributed by atoms with Gasteiger partial charge in [0, 0.05) is 62.0 Å². The monoisotopic (exact) mass is 486 g/mol. The summed E-state index contributed by atoms with van der Waals surface area (Å²) in [6, 6.07) is 7.64. The maximum absolute atomic E-state index is 12.1. The number of aromatic nitrogens is 3. The molecule has 4 rings (SSSR count). The summed E-state index contributed by atoms with van der Waals surface area (Å²) in [4.78, 5) is 31.0. The van der Waals surface area contributed by atoms with Gasteiger partial charge < -0.3 is 10.2 Å². The first-order valence-electron chi connectivity index (χ1n) is 12.5. The SMILES string of the molecule is CC(C)(C)c1nc(C2CCC2)cc(N2CCN(CCCCNC(=O)c3ccccn3)CC2)n1.Cl. The van der Waals surface area contributed by atoms with E-state index >= 15 is 0 Å². The van der Waals surface area contributed by atoms with Gasteiger partial charge in [0.25, 0.3) is 5.91 Å². The van der Waals surface area contributed by atoms with Gasteiger partial charge in [0.2, 0.25) is 0 Å². The number of anilines is 1. The number of unbranched alkanes of at least 4 members (excludes halogenated alkanes) is 1. The van der Waals surface area contributed by atoms with Crippen LogP contribution in [-0.2, 0) is 5.41 Å². The molecule has 8 heteroatoms. The first-order chi connectivity index (χ1) is 15.9. The van der Waals surface area contributed by atoms with Gasteiger partial charge in [-0.3, -0.25) is 14.7 Å². The number of carbonyl (C=O) groups excluding carboxylic acids is 1. The summed E-state index contributed by atoms with van der Waals surface area (Å²) in [5.74, 6) is 2.60. The molecule has 1 aliphatic carbocycles. The molecule has 2 aliphatic rings. The summed E-state index contributed by atoms with van der Waals surface area (Å²) in [6.07, 6.45) is 7.54. The number of pyridine rings is 1. The maximum atomic E-state index is 12.1. The zero-order valence-corrected chi connectivity index (χ0v) is 21.6. The van der Waals surface area contributed by atoms with Gasteiger partial charge in [0.1, 0.15) is 17.3 Å². The van der Waals surface area contributed by atoms with Gasteiger partial charge in [-0.15, -0.1) is 12.4 Å². The lowest BCUT2D eigenvalue weighted by Crippen LogP contribution is -2.47. The predicted molar refractivity (Wildman–Crippen MR) is 139 cm³/mol. The molecule has 34 heavy (non-hydrogen) atoms. The van der Waals surface area contributed by atoms with Crippen molar-refractivity contribution in [3.05, 3.63) is 47.7 Å². The highest BCUT2D eigenvalue weighted by Gasteiger charge is 2.27. The van der Waals surface area contributed by atoms with E-state index in [2.05, 4.69) is 46.9 Å². The number of nitrogens with one attached hydrogen (secondary N) is 1. The highest BCUT2D eigenvalue weighted by atomic mass is 35.5. The zero-order chi connectivity index (χ0) is 23.3. The molecule has 1 saturated carbocycles. The minimum absolute atomic E-state index is 0. The molecule has 186 valence electrons. The average Bonchev–Trinajstić information content (AvgIpc) is 2.78. The normalized spacial score (nSPS) is 17.1. The quantitative estimate of drug-likeness (QED) is 0.564. The van der Waals surface area contributed by atoms with Crippen LogP contribution in [0.3, 0.4) is 0 Å². The number of amides is 1. The number of halogens is 1. The Morgan fingerprint density at radius 2 is 1.85 bits per heavy atom. The Kier molecular flexibility index (Phi) is 9.25. The molecule has 0 atom stereocenters. The molecule has 2 fully saturated rings. The van der Waals surface area contributed by atoms with Crippen LogP contribution in [0.15, 0.2) is 30.5 Å². The lowest BCUT2D eigenvalue weighted by atomic mass is 9.82. The Balaban J connectivity index is 0.00000324. The Hall–Kier alpha value is -2.25. The van der Waals surface area contributed by atoms with Gasteiger partial charge in [0.05, 0.1) is 0 Å². The van der Waals surface area contributed by atoms with E-state index in [9.17, 15) is 4.79 Å². The van der Waals surface area contributed by atoms with E-state index < -0.39 is 0 Å². The Morgan fingerprint density at radius 3 is 2.47 bits per heavy atom. The largest absolute Gasteiger partial charge is 0.354 e. The van der Waals surface area contributed by atoms with Crippen LogP contribution in [0.4, 0.5) is 5.82 Å². The van der Waals surface area contributed by atoms with Crippen molar-refractivity contribution in [2.24, 2.45) is 0 Å². The molecule has 0 aromatic carbocycles. The van der Waals surface area contributed by atoms with Crippen molar-refractivity contribution in [2.45, 2.75) is 64.2 Å². The smallest absolute Gasteiger partial charge is 0.269 e. The molecule has 1 saturated heterocycles. The molecule has 0 bridgehead atoms. The van der Waals surface area contributed by atoms with E-state index in [1.807, 2.05) is 12.1 Å². The van der Waals surface area contributed by atoms with E-state index in [0.717, 1.165) is 57.2 Å².